The van der Waals surface area contributed by atoms with Crippen molar-refractivity contribution >= 4 is 22.7 Å². The number of benzene rings is 1. The lowest BCUT2D eigenvalue weighted by atomic mass is 10.2. The van der Waals surface area contributed by atoms with Crippen molar-refractivity contribution in [3.05, 3.63) is 50.0 Å². The number of aliphatic hydroxyl groups excluding tert-OH is 1. The molecular weight excluding hydrogens is 278 g/mol. The molecule has 0 aliphatic rings. The van der Waals surface area contributed by atoms with E-state index in [0.29, 0.717) is 24.2 Å². The second kappa shape index (κ2) is 6.44. The number of aromatic nitrogens is 1. The number of aliphatic hydroxyl groups is 1. The molecular formula is C13H15N3O3S. The molecule has 0 fully saturated rings. The van der Waals surface area contributed by atoms with E-state index in [1.807, 2.05) is 13.1 Å². The predicted octanol–water partition coefficient (Wildman–Crippen LogP) is 2.51. The van der Waals surface area contributed by atoms with Crippen LogP contribution in [0.2, 0.25) is 0 Å². The molecule has 0 bridgehead atoms. The number of hydrogen-bond acceptors (Lipinski definition) is 6. The topological polar surface area (TPSA) is 88.3 Å². The summed E-state index contributed by atoms with van der Waals surface area (Å²) < 4.78 is 0. The Hall–Kier alpha value is -1.99. The first kappa shape index (κ1) is 14.4. The molecule has 0 aliphatic carbocycles. The second-order valence-corrected chi connectivity index (χ2v) is 5.63. The zero-order chi connectivity index (χ0) is 14.5. The number of nitrogens with zero attached hydrogens (tertiary/aromatic N) is 2. The van der Waals surface area contributed by atoms with E-state index in [9.17, 15) is 10.1 Å². The second-order valence-electron chi connectivity index (χ2n) is 4.31. The molecule has 106 valence electrons. The van der Waals surface area contributed by atoms with Crippen molar-refractivity contribution in [3.8, 4) is 0 Å². The van der Waals surface area contributed by atoms with Crippen LogP contribution in [0.25, 0.3) is 0 Å². The highest BCUT2D eigenvalue weighted by molar-refractivity contribution is 7.11. The monoisotopic (exact) mass is 293 g/mol. The minimum atomic E-state index is -0.434. The third kappa shape index (κ3) is 3.52. The molecule has 7 heteroatoms. The van der Waals surface area contributed by atoms with Crippen LogP contribution >= 0.6 is 11.3 Å². The summed E-state index contributed by atoms with van der Waals surface area (Å²) in [6.07, 6.45) is 2.52. The maximum atomic E-state index is 11.0. The highest BCUT2D eigenvalue weighted by atomic mass is 32.1. The summed E-state index contributed by atoms with van der Waals surface area (Å²) in [5, 5.41) is 24.1. The third-order valence-corrected chi connectivity index (χ3v) is 3.74. The van der Waals surface area contributed by atoms with Gasteiger partial charge in [0, 0.05) is 30.1 Å². The molecule has 0 atom stereocenters. The van der Waals surface area contributed by atoms with E-state index in [4.69, 9.17) is 5.11 Å². The SMILES string of the molecule is Cc1cnc(CCNc2cc(CO)ccc2[N+](=O)[O-])s1. The number of nitrogens with one attached hydrogen (secondary N) is 1. The molecule has 0 saturated heterocycles. The Balaban J connectivity index is 2.05. The largest absolute Gasteiger partial charge is 0.392 e. The average molecular weight is 293 g/mol. The Labute approximate surface area is 120 Å². The van der Waals surface area contributed by atoms with Crippen LogP contribution in [0.1, 0.15) is 15.4 Å². The van der Waals surface area contributed by atoms with Crippen LogP contribution in [0.4, 0.5) is 11.4 Å². The molecule has 0 amide bonds. The Kier molecular flexibility index (Phi) is 4.65. The maximum absolute atomic E-state index is 11.0. The Bertz CT molecular complexity index is 613. The van der Waals surface area contributed by atoms with Gasteiger partial charge in [-0.25, -0.2) is 4.98 Å². The van der Waals surface area contributed by atoms with Crippen LogP contribution in [-0.4, -0.2) is 21.6 Å². The van der Waals surface area contributed by atoms with Crippen LogP contribution in [0, 0.1) is 17.0 Å². The molecule has 0 aliphatic heterocycles. The highest BCUT2D eigenvalue weighted by Gasteiger charge is 2.13. The summed E-state index contributed by atoms with van der Waals surface area (Å²) >= 11 is 1.62. The molecule has 20 heavy (non-hydrogen) atoms. The molecule has 1 heterocycles. The van der Waals surface area contributed by atoms with E-state index >= 15 is 0 Å². The van der Waals surface area contributed by atoms with Gasteiger partial charge in [0.25, 0.3) is 5.69 Å². The van der Waals surface area contributed by atoms with Crippen molar-refractivity contribution in [1.29, 1.82) is 0 Å². The average Bonchev–Trinajstić information content (AvgIpc) is 2.84. The van der Waals surface area contributed by atoms with Gasteiger partial charge in [0.2, 0.25) is 0 Å². The molecule has 0 unspecified atom stereocenters. The van der Waals surface area contributed by atoms with Gasteiger partial charge in [-0.2, -0.15) is 0 Å². The molecule has 2 aromatic rings. The van der Waals surface area contributed by atoms with Crippen molar-refractivity contribution in [2.24, 2.45) is 0 Å². The van der Waals surface area contributed by atoms with E-state index in [1.165, 1.54) is 6.07 Å². The molecule has 0 spiro atoms. The zero-order valence-electron chi connectivity index (χ0n) is 11.0. The minimum Gasteiger partial charge on any atom is -0.392 e. The van der Waals surface area contributed by atoms with Gasteiger partial charge < -0.3 is 10.4 Å². The summed E-state index contributed by atoms with van der Waals surface area (Å²) in [5.41, 5.74) is 1.08. The zero-order valence-corrected chi connectivity index (χ0v) is 11.8. The molecule has 0 radical (unpaired) electrons. The van der Waals surface area contributed by atoms with E-state index < -0.39 is 4.92 Å². The molecule has 2 N–H and O–H groups in total. The number of nitro groups is 1. The summed E-state index contributed by atoms with van der Waals surface area (Å²) in [6, 6.07) is 4.56. The number of rotatable bonds is 6. The van der Waals surface area contributed by atoms with Gasteiger partial charge in [0.15, 0.2) is 0 Å². The molecule has 0 saturated carbocycles. The van der Waals surface area contributed by atoms with Gasteiger partial charge in [-0.15, -0.1) is 11.3 Å². The first-order valence-corrected chi connectivity index (χ1v) is 6.95. The summed E-state index contributed by atoms with van der Waals surface area (Å²) in [5.74, 6) is 0. The standard InChI is InChI=1S/C13H15N3O3S/c1-9-7-15-13(20-9)4-5-14-11-6-10(8-17)2-3-12(11)16(18)19/h2-3,6-7,14,17H,4-5,8H2,1H3. The van der Waals surface area contributed by atoms with Crippen LogP contribution in [-0.2, 0) is 13.0 Å². The molecule has 1 aromatic carbocycles. The molecule has 2 rings (SSSR count). The maximum Gasteiger partial charge on any atom is 0.292 e. The Morgan fingerprint density at radius 2 is 2.30 bits per heavy atom. The fraction of sp³-hybridized carbons (Fsp3) is 0.308. The fourth-order valence-corrected chi connectivity index (χ4v) is 2.59. The quantitative estimate of drug-likeness (QED) is 0.631. The number of nitro benzene ring substituents is 1. The summed E-state index contributed by atoms with van der Waals surface area (Å²) in [7, 11) is 0. The first-order chi connectivity index (χ1) is 9.60. The predicted molar refractivity (Wildman–Crippen MR) is 78.1 cm³/mol. The van der Waals surface area contributed by atoms with E-state index in [0.717, 1.165) is 9.88 Å². The molecule has 6 nitrogen and oxygen atoms in total. The first-order valence-electron chi connectivity index (χ1n) is 6.13. The minimum absolute atomic E-state index is 0.0116. The van der Waals surface area contributed by atoms with Crippen LogP contribution in [0.15, 0.2) is 24.4 Å². The Morgan fingerprint density at radius 1 is 1.50 bits per heavy atom. The van der Waals surface area contributed by atoms with E-state index in [1.54, 1.807) is 23.5 Å². The number of aryl methyl sites for hydroxylation is 1. The summed E-state index contributed by atoms with van der Waals surface area (Å²) in [6.45, 7) is 2.41. The van der Waals surface area contributed by atoms with Crippen LogP contribution in [0.5, 0.6) is 0 Å². The van der Waals surface area contributed by atoms with Crippen molar-refractivity contribution in [2.75, 3.05) is 11.9 Å². The van der Waals surface area contributed by atoms with Crippen molar-refractivity contribution in [2.45, 2.75) is 20.0 Å². The van der Waals surface area contributed by atoms with E-state index in [-0.39, 0.29) is 12.3 Å². The fourth-order valence-electron chi connectivity index (χ4n) is 1.80. The number of anilines is 1. The lowest BCUT2D eigenvalue weighted by molar-refractivity contribution is -0.384. The van der Waals surface area contributed by atoms with Crippen LogP contribution < -0.4 is 5.32 Å². The lowest BCUT2D eigenvalue weighted by Gasteiger charge is -2.07. The van der Waals surface area contributed by atoms with E-state index in [2.05, 4.69) is 10.3 Å². The normalized spacial score (nSPS) is 10.5. The summed E-state index contributed by atoms with van der Waals surface area (Å²) in [4.78, 5) is 15.9. The van der Waals surface area contributed by atoms with Crippen molar-refractivity contribution < 1.29 is 10.0 Å². The van der Waals surface area contributed by atoms with Gasteiger partial charge in [0.05, 0.1) is 16.5 Å². The van der Waals surface area contributed by atoms with Crippen molar-refractivity contribution in [1.82, 2.24) is 4.98 Å². The Morgan fingerprint density at radius 3 is 2.90 bits per heavy atom. The highest BCUT2D eigenvalue weighted by Crippen LogP contribution is 2.25. The number of hydrogen-bond donors (Lipinski definition) is 2. The third-order valence-electron chi connectivity index (χ3n) is 2.76. The van der Waals surface area contributed by atoms with Gasteiger partial charge in [-0.1, -0.05) is 0 Å². The number of thiazole rings is 1. The van der Waals surface area contributed by atoms with Gasteiger partial charge >= 0.3 is 0 Å². The van der Waals surface area contributed by atoms with Gasteiger partial charge in [-0.3, -0.25) is 10.1 Å². The lowest BCUT2D eigenvalue weighted by Crippen LogP contribution is -2.07. The molecule has 1 aromatic heterocycles. The van der Waals surface area contributed by atoms with Crippen molar-refractivity contribution in [3.63, 3.8) is 0 Å². The van der Waals surface area contributed by atoms with Gasteiger partial charge in [-0.05, 0) is 24.6 Å². The van der Waals surface area contributed by atoms with Gasteiger partial charge in [0.1, 0.15) is 5.69 Å². The smallest absolute Gasteiger partial charge is 0.292 e. The van der Waals surface area contributed by atoms with Crippen LogP contribution in [0.3, 0.4) is 0 Å².